The highest BCUT2D eigenvalue weighted by Gasteiger charge is 2.29. The average molecular weight is 636 g/mol. The number of benzene rings is 3. The molecule has 10 nitrogen and oxygen atoms in total. The smallest absolute Gasteiger partial charge is 0.416 e. The van der Waals surface area contributed by atoms with Crippen molar-refractivity contribution in [3.8, 4) is 5.75 Å². The van der Waals surface area contributed by atoms with E-state index in [9.17, 15) is 22.8 Å². The Bertz CT molecular complexity index is 1720. The number of methoxy groups -OCH3 is 1. The second-order valence-corrected chi connectivity index (χ2v) is 9.98. The van der Waals surface area contributed by atoms with Gasteiger partial charge in [0.05, 0.1) is 42.4 Å². The summed E-state index contributed by atoms with van der Waals surface area (Å²) in [7, 11) is 1.54. The highest BCUT2D eigenvalue weighted by molar-refractivity contribution is 6.42. The van der Waals surface area contributed by atoms with Crippen molar-refractivity contribution in [2.45, 2.75) is 19.3 Å². The first-order valence-corrected chi connectivity index (χ1v) is 13.5. The maximum atomic E-state index is 13.6. The van der Waals surface area contributed by atoms with Gasteiger partial charge < -0.3 is 21.1 Å². The van der Waals surface area contributed by atoms with E-state index >= 15 is 0 Å². The molecule has 4 rings (SSSR count). The predicted octanol–water partition coefficient (Wildman–Crippen LogP) is 4.67. The van der Waals surface area contributed by atoms with Gasteiger partial charge in [0.2, 0.25) is 5.95 Å². The van der Waals surface area contributed by atoms with E-state index in [1.165, 1.54) is 16.7 Å². The minimum absolute atomic E-state index is 0.0145. The Morgan fingerprint density at radius 1 is 0.953 bits per heavy atom. The zero-order chi connectivity index (χ0) is 31.1. The molecule has 0 aliphatic rings. The van der Waals surface area contributed by atoms with Crippen LogP contribution in [0.1, 0.15) is 16.7 Å². The molecule has 0 bridgehead atoms. The Morgan fingerprint density at radius 3 is 2.23 bits per heavy atom. The fraction of sp³-hybridized carbons (Fsp3) is 0.214. The number of alkyl halides is 3. The number of aromatic nitrogens is 3. The molecular weight excluding hydrogens is 610 g/mol. The van der Waals surface area contributed by atoms with Gasteiger partial charge in [-0.15, -0.1) is 0 Å². The monoisotopic (exact) mass is 635 g/mol. The molecule has 15 heteroatoms. The van der Waals surface area contributed by atoms with E-state index in [1.807, 2.05) is 0 Å². The number of nitrogens with one attached hydrogen (secondary N) is 2. The summed E-state index contributed by atoms with van der Waals surface area (Å²) in [6.45, 7) is 0.215. The van der Waals surface area contributed by atoms with Gasteiger partial charge in [-0.1, -0.05) is 41.4 Å². The number of ether oxygens (including phenoxy) is 1. The Kier molecular flexibility index (Phi) is 9.99. The third kappa shape index (κ3) is 8.30. The summed E-state index contributed by atoms with van der Waals surface area (Å²) in [5.74, 6) is 0.611. The molecule has 4 aromatic rings. The summed E-state index contributed by atoms with van der Waals surface area (Å²) in [4.78, 5) is 34.7. The summed E-state index contributed by atoms with van der Waals surface area (Å²) in [6.07, 6.45) is -4.45. The van der Waals surface area contributed by atoms with Gasteiger partial charge >= 0.3 is 17.6 Å². The Balaban J connectivity index is 1.52. The lowest BCUT2D eigenvalue weighted by Crippen LogP contribution is -2.43. The molecule has 3 aromatic carbocycles. The van der Waals surface area contributed by atoms with Crippen molar-refractivity contribution in [1.29, 1.82) is 0 Å². The van der Waals surface area contributed by atoms with Gasteiger partial charge in [0.15, 0.2) is 5.96 Å². The maximum Gasteiger partial charge on any atom is 0.416 e. The summed E-state index contributed by atoms with van der Waals surface area (Å²) in [5, 5.41) is 6.28. The van der Waals surface area contributed by atoms with Crippen molar-refractivity contribution in [3.05, 3.63) is 114 Å². The van der Waals surface area contributed by atoms with Gasteiger partial charge in [0.25, 0.3) is 0 Å². The number of rotatable bonds is 10. The predicted molar refractivity (Wildman–Crippen MR) is 160 cm³/mol. The molecule has 0 saturated carbocycles. The molecular formula is C28H26Cl2F3N7O3. The van der Waals surface area contributed by atoms with Gasteiger partial charge in [0, 0.05) is 12.2 Å². The second kappa shape index (κ2) is 13.7. The summed E-state index contributed by atoms with van der Waals surface area (Å²) >= 11 is 12.1. The highest BCUT2D eigenvalue weighted by Crippen LogP contribution is 2.29. The normalized spacial score (nSPS) is 11.8. The Morgan fingerprint density at radius 2 is 1.60 bits per heavy atom. The van der Waals surface area contributed by atoms with E-state index in [-0.39, 0.29) is 43.1 Å². The van der Waals surface area contributed by atoms with Crippen LogP contribution in [-0.2, 0) is 19.3 Å². The number of nitrogens with zero attached hydrogens (tertiary/aromatic N) is 4. The fourth-order valence-electron chi connectivity index (χ4n) is 3.95. The van der Waals surface area contributed by atoms with Crippen LogP contribution in [0.3, 0.4) is 0 Å². The van der Waals surface area contributed by atoms with Crippen molar-refractivity contribution in [1.82, 2.24) is 14.1 Å². The molecule has 0 unspecified atom stereocenters. The first-order valence-electron chi connectivity index (χ1n) is 12.7. The van der Waals surface area contributed by atoms with Gasteiger partial charge in [-0.3, -0.25) is 9.56 Å². The summed E-state index contributed by atoms with van der Waals surface area (Å²) < 4.78 is 45.8. The molecule has 0 fully saturated rings. The van der Waals surface area contributed by atoms with Crippen molar-refractivity contribution >= 4 is 40.8 Å². The standard InChI is InChI=1S/C28H26Cl2F3N7O3/c1-43-21-9-2-17(3-10-21)15-39-25(38-26(41)40(27(39)42)16-18-4-11-22(29)23(30)14-18)36-13-12-35-24(34)37-20-7-5-19(6-8-20)28(31,32)33/h2-11,14H,12-13,15-16H2,1H3,(H3,34,35,37)(H,36,38,41). The lowest BCUT2D eigenvalue weighted by Gasteiger charge is -2.16. The number of anilines is 2. The molecule has 0 amide bonds. The van der Waals surface area contributed by atoms with Crippen LogP contribution in [-0.4, -0.2) is 40.3 Å². The zero-order valence-electron chi connectivity index (χ0n) is 22.7. The van der Waals surface area contributed by atoms with Crippen LogP contribution in [0.2, 0.25) is 10.0 Å². The van der Waals surface area contributed by atoms with Crippen molar-refractivity contribution in [2.75, 3.05) is 30.8 Å². The molecule has 0 spiro atoms. The molecule has 0 saturated heterocycles. The largest absolute Gasteiger partial charge is 0.497 e. The van der Waals surface area contributed by atoms with Gasteiger partial charge in [0.1, 0.15) is 5.75 Å². The molecule has 1 heterocycles. The van der Waals surface area contributed by atoms with E-state index < -0.39 is 23.1 Å². The quantitative estimate of drug-likeness (QED) is 0.131. The molecule has 0 aliphatic heterocycles. The molecule has 0 aliphatic carbocycles. The van der Waals surface area contributed by atoms with Crippen LogP contribution < -0.4 is 32.5 Å². The third-order valence-corrected chi connectivity index (χ3v) is 6.88. The number of guanidine groups is 1. The number of nitrogens with two attached hydrogens (primary N) is 1. The fourth-order valence-corrected chi connectivity index (χ4v) is 4.27. The number of aliphatic imine (C=N–C) groups is 1. The first kappa shape index (κ1) is 31.4. The van der Waals surface area contributed by atoms with Crippen LogP contribution in [0.25, 0.3) is 0 Å². The van der Waals surface area contributed by atoms with Crippen LogP contribution >= 0.6 is 23.2 Å². The van der Waals surface area contributed by atoms with Gasteiger partial charge in [-0.2, -0.15) is 18.2 Å². The molecule has 4 N–H and O–H groups in total. The minimum Gasteiger partial charge on any atom is -0.497 e. The summed E-state index contributed by atoms with van der Waals surface area (Å²) in [5.41, 5.74) is 5.33. The molecule has 0 radical (unpaired) electrons. The van der Waals surface area contributed by atoms with Crippen molar-refractivity contribution in [3.63, 3.8) is 0 Å². The van der Waals surface area contributed by atoms with Crippen LogP contribution in [0, 0.1) is 0 Å². The molecule has 226 valence electrons. The molecule has 0 atom stereocenters. The Labute approximate surface area is 253 Å². The third-order valence-electron chi connectivity index (χ3n) is 6.14. The molecule has 43 heavy (non-hydrogen) atoms. The van der Waals surface area contributed by atoms with Gasteiger partial charge in [-0.05, 0) is 59.7 Å². The lowest BCUT2D eigenvalue weighted by molar-refractivity contribution is -0.137. The zero-order valence-corrected chi connectivity index (χ0v) is 24.2. The second-order valence-electron chi connectivity index (χ2n) is 9.16. The van der Waals surface area contributed by atoms with E-state index in [0.29, 0.717) is 22.0 Å². The first-order chi connectivity index (χ1) is 20.4. The highest BCUT2D eigenvalue weighted by atomic mass is 35.5. The van der Waals surface area contributed by atoms with E-state index in [2.05, 4.69) is 20.6 Å². The Hall–Kier alpha value is -4.49. The van der Waals surface area contributed by atoms with Crippen LogP contribution in [0.4, 0.5) is 24.8 Å². The van der Waals surface area contributed by atoms with E-state index in [4.69, 9.17) is 33.7 Å². The molecule has 1 aromatic heterocycles. The maximum absolute atomic E-state index is 13.6. The van der Waals surface area contributed by atoms with Gasteiger partial charge in [-0.25, -0.2) is 14.2 Å². The minimum atomic E-state index is -4.45. The van der Waals surface area contributed by atoms with E-state index in [1.54, 1.807) is 49.6 Å². The lowest BCUT2D eigenvalue weighted by atomic mass is 10.2. The summed E-state index contributed by atoms with van der Waals surface area (Å²) in [6, 6.07) is 16.2. The number of hydrogen-bond donors (Lipinski definition) is 3. The number of hydrogen-bond acceptors (Lipinski definition) is 6. The van der Waals surface area contributed by atoms with Crippen molar-refractivity contribution in [2.24, 2.45) is 10.7 Å². The van der Waals surface area contributed by atoms with Crippen LogP contribution in [0.15, 0.2) is 81.3 Å². The topological polar surface area (TPSA) is 129 Å². The van der Waals surface area contributed by atoms with Crippen LogP contribution in [0.5, 0.6) is 5.75 Å². The number of halogens is 5. The van der Waals surface area contributed by atoms with E-state index in [0.717, 1.165) is 22.3 Å². The van der Waals surface area contributed by atoms with Crippen molar-refractivity contribution < 1.29 is 17.9 Å². The average Bonchev–Trinajstić information content (AvgIpc) is 2.97. The SMILES string of the molecule is COc1ccc(Cn2c(NCCN=C(N)Nc3ccc(C(F)(F)F)cc3)nc(=O)n(Cc3ccc(Cl)c(Cl)c3)c2=O)cc1.